The Morgan fingerprint density at radius 1 is 1.10 bits per heavy atom. The molecule has 1 aliphatic rings. The summed E-state index contributed by atoms with van der Waals surface area (Å²) in [5.41, 5.74) is 4.70. The van der Waals surface area contributed by atoms with Crippen molar-refractivity contribution in [3.05, 3.63) is 100 Å². The van der Waals surface area contributed by atoms with E-state index in [4.69, 9.17) is 9.47 Å². The summed E-state index contributed by atoms with van der Waals surface area (Å²) in [6.07, 6.45) is 0.886. The number of aromatic nitrogens is 1. The predicted molar refractivity (Wildman–Crippen MR) is 154 cm³/mol. The fourth-order valence-electron chi connectivity index (χ4n) is 5.18. The van der Waals surface area contributed by atoms with Crippen molar-refractivity contribution in [3.8, 4) is 17.0 Å². The van der Waals surface area contributed by atoms with E-state index < -0.39 is 0 Å². The number of rotatable bonds is 8. The number of ether oxygens (including phenoxy) is 2. The molecule has 0 saturated carbocycles. The lowest BCUT2D eigenvalue weighted by Gasteiger charge is -2.39. The molecule has 1 aliphatic heterocycles. The third-order valence-electron chi connectivity index (χ3n) is 7.24. The molecule has 5 rings (SSSR count). The van der Waals surface area contributed by atoms with Gasteiger partial charge in [-0.25, -0.2) is 9.37 Å². The molecule has 3 aromatic carbocycles. The zero-order chi connectivity index (χ0) is 27.4. The SMILES string of the molecule is Cc1nc(-c2cccc(NC(=O)COc3cccc([C@@H]4OC[C@@H](c5ccc(F)cc5)C[C@H]4C(C)C)c3)c2)cs1. The summed E-state index contributed by atoms with van der Waals surface area (Å²) in [6.45, 7) is 6.87. The van der Waals surface area contributed by atoms with Gasteiger partial charge in [-0.1, -0.05) is 50.2 Å². The van der Waals surface area contributed by atoms with Crippen LogP contribution in [0.5, 0.6) is 5.75 Å². The van der Waals surface area contributed by atoms with Gasteiger partial charge in [0.1, 0.15) is 11.6 Å². The number of carbonyl (C=O) groups is 1. The summed E-state index contributed by atoms with van der Waals surface area (Å²) >= 11 is 1.60. The van der Waals surface area contributed by atoms with Crippen molar-refractivity contribution in [2.24, 2.45) is 11.8 Å². The number of nitrogens with zero attached hydrogens (tertiary/aromatic N) is 1. The first-order valence-corrected chi connectivity index (χ1v) is 14.2. The number of thiazole rings is 1. The molecule has 202 valence electrons. The van der Waals surface area contributed by atoms with E-state index >= 15 is 0 Å². The Morgan fingerprint density at radius 2 is 1.90 bits per heavy atom. The van der Waals surface area contributed by atoms with Crippen LogP contribution in [0.15, 0.2) is 78.2 Å². The highest BCUT2D eigenvalue weighted by Gasteiger charge is 2.35. The molecular formula is C32H33FN2O3S. The quantitative estimate of drug-likeness (QED) is 0.246. The van der Waals surface area contributed by atoms with Crippen molar-refractivity contribution >= 4 is 22.9 Å². The number of halogens is 1. The van der Waals surface area contributed by atoms with Crippen LogP contribution < -0.4 is 10.1 Å². The van der Waals surface area contributed by atoms with Crippen LogP contribution in [0.1, 0.15) is 48.4 Å². The summed E-state index contributed by atoms with van der Waals surface area (Å²) in [7, 11) is 0. The van der Waals surface area contributed by atoms with Gasteiger partial charge in [0, 0.05) is 22.5 Å². The first kappa shape index (κ1) is 27.0. The van der Waals surface area contributed by atoms with Gasteiger partial charge in [0.05, 0.1) is 23.4 Å². The minimum atomic E-state index is -0.233. The van der Waals surface area contributed by atoms with E-state index in [1.807, 2.05) is 66.9 Å². The molecule has 0 spiro atoms. The Morgan fingerprint density at radius 3 is 2.64 bits per heavy atom. The van der Waals surface area contributed by atoms with Crippen LogP contribution in [0.25, 0.3) is 11.3 Å². The van der Waals surface area contributed by atoms with Gasteiger partial charge in [-0.3, -0.25) is 4.79 Å². The molecule has 0 unspecified atom stereocenters. The van der Waals surface area contributed by atoms with Crippen LogP contribution in [-0.4, -0.2) is 24.1 Å². The number of nitrogens with one attached hydrogen (secondary N) is 1. The Hall–Kier alpha value is -3.55. The smallest absolute Gasteiger partial charge is 0.262 e. The summed E-state index contributed by atoms with van der Waals surface area (Å²) in [5.74, 6) is 1.09. The Bertz CT molecular complexity index is 1420. The zero-order valence-electron chi connectivity index (χ0n) is 22.4. The average Bonchev–Trinajstić information content (AvgIpc) is 3.38. The molecular weight excluding hydrogens is 511 g/mol. The number of amides is 1. The fourth-order valence-corrected chi connectivity index (χ4v) is 5.80. The zero-order valence-corrected chi connectivity index (χ0v) is 23.2. The number of benzene rings is 3. The molecule has 1 N–H and O–H groups in total. The molecule has 2 heterocycles. The maximum absolute atomic E-state index is 13.4. The number of carbonyl (C=O) groups excluding carboxylic acids is 1. The second-order valence-corrected chi connectivity index (χ2v) is 11.5. The highest BCUT2D eigenvalue weighted by molar-refractivity contribution is 7.09. The molecule has 4 aromatic rings. The van der Waals surface area contributed by atoms with E-state index in [1.54, 1.807) is 11.3 Å². The van der Waals surface area contributed by atoms with Crippen molar-refractivity contribution in [2.75, 3.05) is 18.5 Å². The van der Waals surface area contributed by atoms with Crippen molar-refractivity contribution in [1.29, 1.82) is 0 Å². The van der Waals surface area contributed by atoms with Crippen LogP contribution >= 0.6 is 11.3 Å². The minimum absolute atomic E-state index is 0.0730. The molecule has 3 atom stereocenters. The van der Waals surface area contributed by atoms with Gasteiger partial charge in [-0.15, -0.1) is 11.3 Å². The molecule has 1 amide bonds. The average molecular weight is 545 g/mol. The fraction of sp³-hybridized carbons (Fsp3) is 0.312. The molecule has 7 heteroatoms. The van der Waals surface area contributed by atoms with Gasteiger partial charge in [0.2, 0.25) is 0 Å². The van der Waals surface area contributed by atoms with Gasteiger partial charge in [0.25, 0.3) is 5.91 Å². The summed E-state index contributed by atoms with van der Waals surface area (Å²) in [5, 5.41) is 5.93. The second-order valence-electron chi connectivity index (χ2n) is 10.4. The van der Waals surface area contributed by atoms with Gasteiger partial charge in [-0.05, 0) is 72.7 Å². The third-order valence-corrected chi connectivity index (χ3v) is 8.01. The minimum Gasteiger partial charge on any atom is -0.484 e. The maximum atomic E-state index is 13.4. The first-order chi connectivity index (χ1) is 18.9. The van der Waals surface area contributed by atoms with E-state index in [-0.39, 0.29) is 30.4 Å². The number of aryl methyl sites for hydroxylation is 1. The number of hydrogen-bond donors (Lipinski definition) is 1. The van der Waals surface area contributed by atoms with Gasteiger partial charge in [-0.2, -0.15) is 0 Å². The van der Waals surface area contributed by atoms with Crippen molar-refractivity contribution < 1.29 is 18.7 Å². The maximum Gasteiger partial charge on any atom is 0.262 e. The largest absolute Gasteiger partial charge is 0.484 e. The molecule has 0 radical (unpaired) electrons. The van der Waals surface area contributed by atoms with Crippen molar-refractivity contribution in [2.45, 2.75) is 39.2 Å². The van der Waals surface area contributed by atoms with Crippen molar-refractivity contribution in [3.63, 3.8) is 0 Å². The Kier molecular flexibility index (Phi) is 8.38. The number of hydrogen-bond acceptors (Lipinski definition) is 5. The van der Waals surface area contributed by atoms with E-state index in [2.05, 4.69) is 30.2 Å². The highest BCUT2D eigenvalue weighted by Crippen LogP contribution is 2.44. The first-order valence-electron chi connectivity index (χ1n) is 13.3. The van der Waals surface area contributed by atoms with Crippen LogP contribution in [0.4, 0.5) is 10.1 Å². The lowest BCUT2D eigenvalue weighted by molar-refractivity contribution is -0.118. The van der Waals surface area contributed by atoms with Gasteiger partial charge in [0.15, 0.2) is 6.61 Å². The van der Waals surface area contributed by atoms with Crippen molar-refractivity contribution in [1.82, 2.24) is 4.98 Å². The van der Waals surface area contributed by atoms with Crippen LogP contribution in [0.3, 0.4) is 0 Å². The van der Waals surface area contributed by atoms with E-state index in [0.717, 1.165) is 33.8 Å². The summed E-state index contributed by atoms with van der Waals surface area (Å²) in [6, 6.07) is 22.2. The molecule has 1 aromatic heterocycles. The topological polar surface area (TPSA) is 60.5 Å². The third kappa shape index (κ3) is 6.72. The number of anilines is 1. The standard InChI is InChI=1S/C32H33FN2O3S/c1-20(2)29-16-25(22-10-12-26(33)13-11-22)17-38-32(29)24-7-5-9-28(15-24)37-18-31(36)35-27-8-4-6-23(14-27)30-19-39-21(3)34-30/h4-15,19-20,25,29,32H,16-18H2,1-3H3,(H,35,36)/t25-,29-,32-/m0/s1. The summed E-state index contributed by atoms with van der Waals surface area (Å²) in [4.78, 5) is 17.2. The van der Waals surface area contributed by atoms with Crippen LogP contribution in [0, 0.1) is 24.6 Å². The van der Waals surface area contributed by atoms with Crippen LogP contribution in [0.2, 0.25) is 0 Å². The molecule has 5 nitrogen and oxygen atoms in total. The monoisotopic (exact) mass is 544 g/mol. The molecule has 0 bridgehead atoms. The predicted octanol–water partition coefficient (Wildman–Crippen LogP) is 7.79. The molecule has 0 aliphatic carbocycles. The lowest BCUT2D eigenvalue weighted by Crippen LogP contribution is -2.31. The molecule has 39 heavy (non-hydrogen) atoms. The molecule has 1 fully saturated rings. The molecule has 1 saturated heterocycles. The second kappa shape index (κ2) is 12.1. The normalized spacial score (nSPS) is 19.2. The van der Waals surface area contributed by atoms with E-state index in [1.165, 1.54) is 12.1 Å². The summed E-state index contributed by atoms with van der Waals surface area (Å²) < 4.78 is 25.7. The Labute approximate surface area is 233 Å². The Balaban J connectivity index is 1.21. The van der Waals surface area contributed by atoms with E-state index in [0.29, 0.717) is 29.9 Å². The van der Waals surface area contributed by atoms with E-state index in [9.17, 15) is 9.18 Å². The van der Waals surface area contributed by atoms with Crippen LogP contribution in [-0.2, 0) is 9.53 Å². The lowest BCUT2D eigenvalue weighted by atomic mass is 9.76. The van der Waals surface area contributed by atoms with Gasteiger partial charge >= 0.3 is 0 Å². The highest BCUT2D eigenvalue weighted by atomic mass is 32.1. The van der Waals surface area contributed by atoms with Gasteiger partial charge < -0.3 is 14.8 Å².